The summed E-state index contributed by atoms with van der Waals surface area (Å²) >= 11 is 0. The van der Waals surface area contributed by atoms with Gasteiger partial charge in [-0.1, -0.05) is 72.8 Å². The van der Waals surface area contributed by atoms with Gasteiger partial charge in [0.15, 0.2) is 0 Å². The van der Waals surface area contributed by atoms with Crippen molar-refractivity contribution in [2.75, 3.05) is 33.3 Å². The molecule has 320 valence electrons. The lowest BCUT2D eigenvalue weighted by Crippen LogP contribution is -2.52. The summed E-state index contributed by atoms with van der Waals surface area (Å²) < 4.78 is 17.8. The van der Waals surface area contributed by atoms with E-state index in [1.165, 1.54) is 12.1 Å². The number of phenols is 1. The maximum absolute atomic E-state index is 13.3. The van der Waals surface area contributed by atoms with Crippen molar-refractivity contribution >= 4 is 22.9 Å². The zero-order valence-electron chi connectivity index (χ0n) is 34.5. The highest BCUT2D eigenvalue weighted by molar-refractivity contribution is 5.94. The highest BCUT2D eigenvalue weighted by atomic mass is 16.6. The third kappa shape index (κ3) is 10.1. The van der Waals surface area contributed by atoms with Crippen molar-refractivity contribution in [3.05, 3.63) is 171 Å². The minimum absolute atomic E-state index is 0.0655. The largest absolute Gasteiger partial charge is 0.506 e. The second kappa shape index (κ2) is 19.4. The summed E-state index contributed by atoms with van der Waals surface area (Å²) in [5.41, 5.74) is 5.44. The van der Waals surface area contributed by atoms with Crippen molar-refractivity contribution in [2.45, 2.75) is 50.8 Å². The van der Waals surface area contributed by atoms with Gasteiger partial charge >= 0.3 is 6.09 Å². The zero-order valence-corrected chi connectivity index (χ0v) is 34.5. The Morgan fingerprint density at radius 2 is 1.63 bits per heavy atom. The van der Waals surface area contributed by atoms with Gasteiger partial charge in [-0.25, -0.2) is 4.79 Å². The van der Waals surface area contributed by atoms with Gasteiger partial charge in [-0.15, -0.1) is 0 Å². The Balaban J connectivity index is 0.822. The van der Waals surface area contributed by atoms with Gasteiger partial charge in [-0.3, -0.25) is 14.5 Å². The minimum Gasteiger partial charge on any atom is -0.506 e. The first-order valence-electron chi connectivity index (χ1n) is 20.9. The number of aliphatic hydroxyl groups is 1. The van der Waals surface area contributed by atoms with Gasteiger partial charge in [0.05, 0.1) is 24.8 Å². The number of carbonyl (C=O) groups is 2. The summed E-state index contributed by atoms with van der Waals surface area (Å²) in [7, 11) is 1.58. The quantitative estimate of drug-likeness (QED) is 0.0633. The smallest absolute Gasteiger partial charge is 0.408 e. The first-order valence-corrected chi connectivity index (χ1v) is 20.9. The summed E-state index contributed by atoms with van der Waals surface area (Å²) in [5, 5.41) is 31.0. The number of carbonyl (C=O) groups excluding carboxylic acids is 2. The molecule has 0 saturated carbocycles. The number of hydrogen-bond acceptors (Lipinski definition) is 10. The number of hydrogen-bond donors (Lipinski definition) is 6. The molecule has 3 aliphatic heterocycles. The fourth-order valence-corrected chi connectivity index (χ4v) is 8.37. The average molecular weight is 838 g/mol. The van der Waals surface area contributed by atoms with Gasteiger partial charge in [-0.05, 0) is 102 Å². The Hall–Kier alpha value is -6.67. The standard InChI is InChI=1S/C49H51N5O8/c1-60-43-24-32(12-15-37(43)27-50-28-42(56)39-16-18-41(55)47-40(39)17-19-45(57)52-47)26-51-48(58)35-13-10-31(11-14-35)30-61-38-9-5-8-36(25-38)46(34-6-3-2-4-7-34)53-49(59)62-44-29-54-22-20-33(44)21-23-54/h2-19,24-25,33,42,44,46,50,55-56H,20-23,26-30H2,1H3,(H,51,58)(H,52,57)(H,53,59). The number of H-pyrrole nitrogens is 1. The van der Waals surface area contributed by atoms with E-state index in [0.717, 1.165) is 60.3 Å². The van der Waals surface area contributed by atoms with E-state index in [9.17, 15) is 24.6 Å². The van der Waals surface area contributed by atoms with Crippen LogP contribution >= 0.6 is 0 Å². The summed E-state index contributed by atoms with van der Waals surface area (Å²) in [6.45, 7) is 4.13. The molecule has 0 aliphatic carbocycles. The number of ether oxygens (including phenoxy) is 3. The number of aromatic amines is 1. The van der Waals surface area contributed by atoms with Gasteiger partial charge in [0.1, 0.15) is 30.0 Å². The van der Waals surface area contributed by atoms with Crippen molar-refractivity contribution in [3.8, 4) is 17.2 Å². The first kappa shape index (κ1) is 42.0. The number of aliphatic hydroxyl groups excluding tert-OH is 1. The van der Waals surface area contributed by atoms with Crippen LogP contribution in [-0.2, 0) is 24.4 Å². The van der Waals surface area contributed by atoms with E-state index in [4.69, 9.17) is 14.2 Å². The molecule has 5 aromatic carbocycles. The number of amides is 2. The van der Waals surface area contributed by atoms with E-state index < -0.39 is 18.2 Å². The molecule has 3 saturated heterocycles. The molecule has 2 bridgehead atoms. The molecule has 62 heavy (non-hydrogen) atoms. The molecule has 2 amide bonds. The first-order chi connectivity index (χ1) is 30.2. The molecule has 13 nitrogen and oxygen atoms in total. The van der Waals surface area contributed by atoms with Crippen molar-refractivity contribution in [1.29, 1.82) is 0 Å². The van der Waals surface area contributed by atoms with Crippen LogP contribution in [0.2, 0.25) is 0 Å². The van der Waals surface area contributed by atoms with Crippen molar-refractivity contribution in [1.82, 2.24) is 25.8 Å². The summed E-state index contributed by atoms with van der Waals surface area (Å²) in [6.07, 6.45) is 0.710. The van der Waals surface area contributed by atoms with Crippen LogP contribution in [0.5, 0.6) is 17.2 Å². The van der Waals surface area contributed by atoms with E-state index in [1.54, 1.807) is 31.4 Å². The zero-order chi connectivity index (χ0) is 43.0. The van der Waals surface area contributed by atoms with Crippen LogP contribution in [0.4, 0.5) is 4.79 Å². The highest BCUT2D eigenvalue weighted by Gasteiger charge is 2.37. The molecule has 0 radical (unpaired) electrons. The molecule has 3 unspecified atom stereocenters. The van der Waals surface area contributed by atoms with Crippen molar-refractivity contribution in [3.63, 3.8) is 0 Å². The number of nitrogens with zero attached hydrogens (tertiary/aromatic N) is 1. The molecule has 4 heterocycles. The van der Waals surface area contributed by atoms with Gasteiger partial charge in [0, 0.05) is 48.8 Å². The number of nitrogens with one attached hydrogen (secondary N) is 4. The molecule has 3 fully saturated rings. The summed E-state index contributed by atoms with van der Waals surface area (Å²) in [5.74, 6) is 1.41. The number of phenolic OH excluding ortho intramolecular Hbond substituents is 1. The van der Waals surface area contributed by atoms with Crippen LogP contribution in [0.1, 0.15) is 68.7 Å². The summed E-state index contributed by atoms with van der Waals surface area (Å²) in [6, 6.07) is 36.1. The number of benzene rings is 5. The predicted molar refractivity (Wildman–Crippen MR) is 235 cm³/mol. The van der Waals surface area contributed by atoms with Gasteiger partial charge in [-0.2, -0.15) is 0 Å². The maximum Gasteiger partial charge on any atom is 0.408 e. The molecule has 3 aliphatic rings. The van der Waals surface area contributed by atoms with Gasteiger partial charge < -0.3 is 45.4 Å². The normalized spacial score (nSPS) is 17.8. The van der Waals surface area contributed by atoms with Gasteiger partial charge in [0.25, 0.3) is 5.91 Å². The molecule has 9 rings (SSSR count). The number of rotatable bonds is 16. The highest BCUT2D eigenvalue weighted by Crippen LogP contribution is 2.32. The monoisotopic (exact) mass is 837 g/mol. The Morgan fingerprint density at radius 3 is 2.39 bits per heavy atom. The lowest BCUT2D eigenvalue weighted by Gasteiger charge is -2.43. The molecular weight excluding hydrogens is 787 g/mol. The predicted octanol–water partition coefficient (Wildman–Crippen LogP) is 6.48. The van der Waals surface area contributed by atoms with Crippen LogP contribution in [0.15, 0.2) is 126 Å². The fourth-order valence-electron chi connectivity index (χ4n) is 8.37. The van der Waals surface area contributed by atoms with Crippen LogP contribution in [0.25, 0.3) is 10.9 Å². The minimum atomic E-state index is -0.899. The van der Waals surface area contributed by atoms with Crippen molar-refractivity contribution in [2.24, 2.45) is 5.92 Å². The van der Waals surface area contributed by atoms with Crippen LogP contribution in [0.3, 0.4) is 0 Å². The molecule has 6 aromatic rings. The molecule has 0 spiro atoms. The van der Waals surface area contributed by atoms with E-state index >= 15 is 0 Å². The second-order valence-electron chi connectivity index (χ2n) is 15.9. The number of piperidine rings is 3. The third-order valence-corrected chi connectivity index (χ3v) is 11.8. The lowest BCUT2D eigenvalue weighted by atomic mass is 9.86. The second-order valence-corrected chi connectivity index (χ2v) is 15.9. The van der Waals surface area contributed by atoms with E-state index in [2.05, 4.69) is 25.8 Å². The van der Waals surface area contributed by atoms with Crippen LogP contribution in [-0.4, -0.2) is 71.5 Å². The number of methoxy groups -OCH3 is 1. The van der Waals surface area contributed by atoms with E-state index in [0.29, 0.717) is 40.5 Å². The van der Waals surface area contributed by atoms with Gasteiger partial charge in [0.2, 0.25) is 5.56 Å². The topological polar surface area (TPSA) is 174 Å². The fraction of sp³-hybridized carbons (Fsp3) is 0.286. The number of aromatic hydroxyl groups is 1. The SMILES string of the molecule is COc1cc(CNC(=O)c2ccc(COc3cccc(C(NC(=O)OC4CN5CCC4CC5)c4ccccc4)c3)cc2)ccc1CNCC(O)c1ccc(O)c2[nH]c(=O)ccc12. The van der Waals surface area contributed by atoms with Crippen LogP contribution in [0, 0.1) is 5.92 Å². The number of fused-ring (bicyclic) bond motifs is 4. The van der Waals surface area contributed by atoms with E-state index in [-0.39, 0.29) is 48.5 Å². The van der Waals surface area contributed by atoms with E-state index in [1.807, 2.05) is 84.9 Å². The third-order valence-electron chi connectivity index (χ3n) is 11.8. The van der Waals surface area contributed by atoms with Crippen LogP contribution < -0.4 is 31.0 Å². The number of alkyl carbamates (subject to hydrolysis) is 1. The Morgan fingerprint density at radius 1 is 0.855 bits per heavy atom. The average Bonchev–Trinajstić information content (AvgIpc) is 3.30. The maximum atomic E-state index is 13.3. The van der Waals surface area contributed by atoms with Crippen molar-refractivity contribution < 1.29 is 34.0 Å². The molecule has 6 N–H and O–H groups in total. The molecule has 1 aromatic heterocycles. The Labute approximate surface area is 359 Å². The summed E-state index contributed by atoms with van der Waals surface area (Å²) in [4.78, 5) is 43.1. The molecule has 3 atom stereocenters. The molecular formula is C49H51N5O8. The number of aromatic nitrogens is 1. The Kier molecular flexibility index (Phi) is 13.1. The number of pyridine rings is 1. The lowest BCUT2D eigenvalue weighted by molar-refractivity contribution is -0.0336. The Bertz CT molecular complexity index is 2560. The molecule has 13 heteroatoms.